The lowest BCUT2D eigenvalue weighted by Gasteiger charge is -2.11. The molecule has 0 aliphatic heterocycles. The minimum absolute atomic E-state index is 0.763. The summed E-state index contributed by atoms with van der Waals surface area (Å²) in [5, 5.41) is 4.85. The molecule has 39 heavy (non-hydrogen) atoms. The van der Waals surface area contributed by atoms with Gasteiger partial charge in [0.2, 0.25) is 0 Å². The minimum Gasteiger partial charge on any atom is -0.457 e. The summed E-state index contributed by atoms with van der Waals surface area (Å²) in [7, 11) is 0. The standard InChI is InChI=1S/C34H21N3OS/c1-3-16-30-27(14-1)32-33-28(26-13-2-4-17-31(26)39-33)21-36-34(32)37(30)23-10-8-12-25(20-23)38-24-11-7-9-22(19-24)29-15-5-6-18-35-29/h1-21H. The number of benzene rings is 4. The molecular formula is C34H21N3OS. The summed E-state index contributed by atoms with van der Waals surface area (Å²) in [6.07, 6.45) is 3.83. The molecule has 5 heteroatoms. The topological polar surface area (TPSA) is 39.9 Å². The number of nitrogens with zero attached hydrogens (tertiary/aromatic N) is 3. The molecule has 0 aliphatic rings. The number of ether oxygens (including phenoxy) is 1. The molecule has 0 spiro atoms. The van der Waals surface area contributed by atoms with Crippen molar-refractivity contribution in [1.82, 2.24) is 14.5 Å². The van der Waals surface area contributed by atoms with Crippen molar-refractivity contribution < 1.29 is 4.74 Å². The van der Waals surface area contributed by atoms with Gasteiger partial charge in [0.05, 0.1) is 16.9 Å². The van der Waals surface area contributed by atoms with Crippen LogP contribution in [0.3, 0.4) is 0 Å². The Morgan fingerprint density at radius 3 is 2.33 bits per heavy atom. The molecule has 0 fully saturated rings. The van der Waals surface area contributed by atoms with E-state index in [1.54, 1.807) is 6.20 Å². The third-order valence-corrected chi connectivity index (χ3v) is 8.34. The molecule has 0 saturated carbocycles. The van der Waals surface area contributed by atoms with Crippen LogP contribution in [-0.4, -0.2) is 14.5 Å². The van der Waals surface area contributed by atoms with Crippen LogP contribution in [0.2, 0.25) is 0 Å². The van der Waals surface area contributed by atoms with E-state index in [0.29, 0.717) is 0 Å². The van der Waals surface area contributed by atoms with E-state index in [1.807, 2.05) is 72.1 Å². The summed E-state index contributed by atoms with van der Waals surface area (Å²) in [5.74, 6) is 1.53. The molecule has 0 amide bonds. The number of rotatable bonds is 4. The summed E-state index contributed by atoms with van der Waals surface area (Å²) in [4.78, 5) is 9.50. The molecule has 0 saturated heterocycles. The highest BCUT2D eigenvalue weighted by atomic mass is 32.1. The van der Waals surface area contributed by atoms with E-state index >= 15 is 0 Å². The van der Waals surface area contributed by atoms with Gasteiger partial charge >= 0.3 is 0 Å². The predicted molar refractivity (Wildman–Crippen MR) is 161 cm³/mol. The van der Waals surface area contributed by atoms with Gasteiger partial charge in [-0.1, -0.05) is 60.7 Å². The number of thiophene rings is 1. The molecule has 8 aromatic rings. The Morgan fingerprint density at radius 1 is 0.641 bits per heavy atom. The van der Waals surface area contributed by atoms with Crippen molar-refractivity contribution in [2.45, 2.75) is 0 Å². The maximum absolute atomic E-state index is 6.35. The van der Waals surface area contributed by atoms with Gasteiger partial charge in [-0.05, 0) is 48.5 Å². The molecule has 0 radical (unpaired) electrons. The summed E-state index contributed by atoms with van der Waals surface area (Å²) in [6, 6.07) is 39.3. The predicted octanol–water partition coefficient (Wildman–Crippen LogP) is 9.40. The maximum Gasteiger partial charge on any atom is 0.147 e. The molecule has 8 rings (SSSR count). The van der Waals surface area contributed by atoms with Crippen LogP contribution in [0, 0.1) is 0 Å². The highest BCUT2D eigenvalue weighted by Gasteiger charge is 2.18. The molecule has 0 bridgehead atoms. The van der Waals surface area contributed by atoms with Crippen LogP contribution in [-0.2, 0) is 0 Å². The fraction of sp³-hybridized carbons (Fsp3) is 0. The minimum atomic E-state index is 0.763. The van der Waals surface area contributed by atoms with E-state index in [4.69, 9.17) is 9.72 Å². The van der Waals surface area contributed by atoms with E-state index in [2.05, 4.69) is 70.2 Å². The van der Waals surface area contributed by atoms with Crippen molar-refractivity contribution in [3.8, 4) is 28.4 Å². The van der Waals surface area contributed by atoms with Gasteiger partial charge < -0.3 is 4.74 Å². The average molecular weight is 520 g/mol. The van der Waals surface area contributed by atoms with Gasteiger partial charge in [-0.3, -0.25) is 9.55 Å². The van der Waals surface area contributed by atoms with E-state index in [-0.39, 0.29) is 0 Å². The van der Waals surface area contributed by atoms with Gasteiger partial charge in [0.25, 0.3) is 0 Å². The Labute approximate surface area is 228 Å². The monoisotopic (exact) mass is 519 g/mol. The van der Waals surface area contributed by atoms with Crippen molar-refractivity contribution >= 4 is 53.4 Å². The van der Waals surface area contributed by atoms with Crippen LogP contribution in [0.4, 0.5) is 0 Å². The number of hydrogen-bond donors (Lipinski definition) is 0. The van der Waals surface area contributed by atoms with Crippen molar-refractivity contribution in [3.05, 3.63) is 128 Å². The van der Waals surface area contributed by atoms with Gasteiger partial charge in [-0.25, -0.2) is 4.98 Å². The second kappa shape index (κ2) is 8.79. The summed E-state index contributed by atoms with van der Waals surface area (Å²) >= 11 is 1.84. The van der Waals surface area contributed by atoms with Crippen molar-refractivity contribution in [3.63, 3.8) is 0 Å². The number of hydrogen-bond acceptors (Lipinski definition) is 4. The number of pyridine rings is 2. The zero-order valence-corrected chi connectivity index (χ0v) is 21.6. The number of para-hydroxylation sites is 1. The van der Waals surface area contributed by atoms with Crippen LogP contribution in [0.25, 0.3) is 59.1 Å². The summed E-state index contributed by atoms with van der Waals surface area (Å²) in [6.45, 7) is 0. The average Bonchev–Trinajstić information content (AvgIpc) is 3.54. The van der Waals surface area contributed by atoms with Crippen LogP contribution in [0.5, 0.6) is 11.5 Å². The Bertz CT molecular complexity index is 2160. The first-order valence-corrected chi connectivity index (χ1v) is 13.6. The number of aromatic nitrogens is 3. The molecule has 0 aliphatic carbocycles. The van der Waals surface area contributed by atoms with Gasteiger partial charge in [0, 0.05) is 55.0 Å². The van der Waals surface area contributed by atoms with Crippen LogP contribution >= 0.6 is 11.3 Å². The Morgan fingerprint density at radius 2 is 1.44 bits per heavy atom. The second-order valence-corrected chi connectivity index (χ2v) is 10.5. The molecule has 184 valence electrons. The third kappa shape index (κ3) is 3.59. The lowest BCUT2D eigenvalue weighted by Crippen LogP contribution is -1.96. The lowest BCUT2D eigenvalue weighted by molar-refractivity contribution is 0.482. The van der Waals surface area contributed by atoms with Gasteiger partial charge in [0.1, 0.15) is 17.1 Å². The van der Waals surface area contributed by atoms with E-state index in [1.165, 1.54) is 30.9 Å². The van der Waals surface area contributed by atoms with Crippen molar-refractivity contribution in [2.75, 3.05) is 0 Å². The molecule has 4 nitrogen and oxygen atoms in total. The molecule has 4 aromatic carbocycles. The highest BCUT2D eigenvalue weighted by molar-refractivity contribution is 7.26. The first kappa shape index (κ1) is 22.0. The first-order valence-electron chi connectivity index (χ1n) is 12.8. The molecule has 4 heterocycles. The van der Waals surface area contributed by atoms with E-state index < -0.39 is 0 Å². The lowest BCUT2D eigenvalue weighted by atomic mass is 10.1. The normalized spacial score (nSPS) is 11.6. The highest BCUT2D eigenvalue weighted by Crippen LogP contribution is 2.42. The quantitative estimate of drug-likeness (QED) is 0.232. The second-order valence-electron chi connectivity index (χ2n) is 9.49. The summed E-state index contributed by atoms with van der Waals surface area (Å²) in [5.41, 5.74) is 5.01. The zero-order chi connectivity index (χ0) is 25.8. The Hall–Kier alpha value is -5.00. The zero-order valence-electron chi connectivity index (χ0n) is 20.8. The SMILES string of the molecule is c1ccc(-c2cccc(Oc3cccc(-n4c5ccccc5c5c6sc7ccccc7c6cnc54)c3)c2)nc1. The van der Waals surface area contributed by atoms with E-state index in [9.17, 15) is 0 Å². The van der Waals surface area contributed by atoms with E-state index in [0.717, 1.165) is 39.6 Å². The van der Waals surface area contributed by atoms with Crippen molar-refractivity contribution in [2.24, 2.45) is 0 Å². The summed E-state index contributed by atoms with van der Waals surface area (Å²) < 4.78 is 11.1. The smallest absolute Gasteiger partial charge is 0.147 e. The fourth-order valence-corrected chi connectivity index (χ4v) is 6.64. The number of fused-ring (bicyclic) bond motifs is 7. The molecular weight excluding hydrogens is 498 g/mol. The Kier molecular flexibility index (Phi) is 4.96. The Balaban J connectivity index is 1.27. The maximum atomic E-state index is 6.35. The van der Waals surface area contributed by atoms with Crippen LogP contribution < -0.4 is 4.74 Å². The third-order valence-electron chi connectivity index (χ3n) is 7.13. The van der Waals surface area contributed by atoms with Gasteiger partial charge in [-0.2, -0.15) is 0 Å². The van der Waals surface area contributed by atoms with Gasteiger partial charge in [-0.15, -0.1) is 11.3 Å². The van der Waals surface area contributed by atoms with Crippen molar-refractivity contribution in [1.29, 1.82) is 0 Å². The molecule has 0 atom stereocenters. The molecule has 0 unspecified atom stereocenters. The largest absolute Gasteiger partial charge is 0.457 e. The van der Waals surface area contributed by atoms with Gasteiger partial charge in [0.15, 0.2) is 0 Å². The van der Waals surface area contributed by atoms with Crippen LogP contribution in [0.15, 0.2) is 128 Å². The molecule has 0 N–H and O–H groups in total. The van der Waals surface area contributed by atoms with Crippen LogP contribution in [0.1, 0.15) is 0 Å². The fourth-order valence-electron chi connectivity index (χ4n) is 5.41. The molecule has 4 aromatic heterocycles. The first-order chi connectivity index (χ1) is 19.3.